The molecule has 0 aromatic heterocycles. The first-order valence-electron chi connectivity index (χ1n) is 30.1. The van der Waals surface area contributed by atoms with E-state index >= 15 is 0 Å². The molecule has 0 N–H and O–H groups in total. The van der Waals surface area contributed by atoms with Crippen molar-refractivity contribution in [1.29, 1.82) is 0 Å². The summed E-state index contributed by atoms with van der Waals surface area (Å²) in [5, 5.41) is 0. The third-order valence-corrected chi connectivity index (χ3v) is 17.3. The first-order valence-corrected chi connectivity index (χ1v) is 30.1. The predicted octanol–water partition coefficient (Wildman–Crippen LogP) is 15.7. The van der Waals surface area contributed by atoms with Crippen molar-refractivity contribution in [1.82, 2.24) is 0 Å². The van der Waals surface area contributed by atoms with Crippen LogP contribution in [0.4, 0.5) is 4.79 Å². The number of hydrogen-bond acceptors (Lipinski definition) is 12. The van der Waals surface area contributed by atoms with Crippen molar-refractivity contribution in [3.05, 3.63) is 11.6 Å². The molecule has 3 fully saturated rings. The van der Waals surface area contributed by atoms with E-state index in [0.717, 1.165) is 83.5 Å². The summed E-state index contributed by atoms with van der Waals surface area (Å²) in [5.41, 5.74) is 1.21. The summed E-state index contributed by atoms with van der Waals surface area (Å²) in [6.07, 6.45) is 36.7. The van der Waals surface area contributed by atoms with E-state index in [1.807, 2.05) is 6.08 Å². The average Bonchev–Trinajstić information content (AvgIpc) is 3.69. The van der Waals surface area contributed by atoms with E-state index in [1.165, 1.54) is 128 Å². The lowest BCUT2D eigenvalue weighted by Gasteiger charge is -2.57. The Bertz CT molecular complexity index is 1630. The van der Waals surface area contributed by atoms with Crippen LogP contribution in [0.5, 0.6) is 0 Å². The van der Waals surface area contributed by atoms with Crippen LogP contribution in [-0.2, 0) is 52.4 Å². The molecular weight excluding hydrogens is 925 g/mol. The Labute approximate surface area is 442 Å². The van der Waals surface area contributed by atoms with Gasteiger partial charge in [-0.1, -0.05) is 187 Å². The molecule has 0 aromatic rings. The first kappa shape index (κ1) is 62.1. The van der Waals surface area contributed by atoms with Gasteiger partial charge >= 0.3 is 30.0 Å². The molecule has 0 aromatic carbocycles. The summed E-state index contributed by atoms with van der Waals surface area (Å²) in [6.45, 7) is 9.97. The number of carbonyl (C=O) groups is 6. The summed E-state index contributed by atoms with van der Waals surface area (Å²) < 4.78 is 33.3. The van der Waals surface area contributed by atoms with E-state index in [-0.39, 0.29) is 61.6 Å². The molecule has 4 aliphatic rings. The summed E-state index contributed by atoms with van der Waals surface area (Å²) in [4.78, 5) is 76.6. The standard InChI is InChI=1S/C61H102O12/c1-6-8-10-12-14-16-18-20-22-24-26-28-30-32-55(63)68-45-50(46-69-56(64)33-31-29-27-25-23-21-19-17-15-13-11-9-7-2)72-58(66)39-38-57(65)70-47(3)71-59(67)73-54-37-36-52-51-35-34-48-44-49(62)40-42-60(48,4)53(51)41-43-61(52,54)5/h44,47,50-54H,6-43,45-46H2,1-5H3/t47?,51-,52-,53-,54-,60-,61-/m0/s1. The van der Waals surface area contributed by atoms with E-state index in [0.29, 0.717) is 37.0 Å². The maximum absolute atomic E-state index is 13.1. The molecule has 4 rings (SSSR count). The van der Waals surface area contributed by atoms with Gasteiger partial charge in [-0.3, -0.25) is 24.0 Å². The van der Waals surface area contributed by atoms with Gasteiger partial charge in [-0.05, 0) is 87.0 Å². The van der Waals surface area contributed by atoms with Crippen molar-refractivity contribution < 1.29 is 57.2 Å². The van der Waals surface area contributed by atoms with E-state index in [2.05, 4.69) is 27.7 Å². The zero-order chi connectivity index (χ0) is 52.7. The van der Waals surface area contributed by atoms with Crippen LogP contribution in [0.2, 0.25) is 0 Å². The van der Waals surface area contributed by atoms with Crippen molar-refractivity contribution in [2.75, 3.05) is 13.2 Å². The van der Waals surface area contributed by atoms with Crippen LogP contribution in [0.15, 0.2) is 11.6 Å². The summed E-state index contributed by atoms with van der Waals surface area (Å²) in [6, 6.07) is 0. The molecule has 0 heterocycles. The van der Waals surface area contributed by atoms with Crippen LogP contribution in [-0.4, -0.2) is 67.5 Å². The van der Waals surface area contributed by atoms with Crippen molar-refractivity contribution in [3.8, 4) is 0 Å². The molecule has 12 nitrogen and oxygen atoms in total. The molecule has 0 amide bonds. The highest BCUT2D eigenvalue weighted by atomic mass is 16.8. The highest BCUT2D eigenvalue weighted by Crippen LogP contribution is 2.65. The highest BCUT2D eigenvalue weighted by Gasteiger charge is 2.60. The number of fused-ring (bicyclic) bond motifs is 5. The zero-order valence-electron chi connectivity index (χ0n) is 46.7. The van der Waals surface area contributed by atoms with Crippen LogP contribution in [0.3, 0.4) is 0 Å². The van der Waals surface area contributed by atoms with E-state index in [1.54, 1.807) is 0 Å². The molecule has 1 unspecified atom stereocenters. The van der Waals surface area contributed by atoms with Gasteiger partial charge in [0.25, 0.3) is 0 Å². The minimum absolute atomic E-state index is 0.0633. The number of unbranched alkanes of at least 4 members (excludes halogenated alkanes) is 24. The molecular formula is C61H102O12. The lowest BCUT2D eigenvalue weighted by molar-refractivity contribution is -0.174. The summed E-state index contributed by atoms with van der Waals surface area (Å²) in [5.74, 6) is -0.610. The number of hydrogen-bond donors (Lipinski definition) is 0. The molecule has 73 heavy (non-hydrogen) atoms. The lowest BCUT2D eigenvalue weighted by Crippen LogP contribution is -2.51. The average molecular weight is 1030 g/mol. The quantitative estimate of drug-likeness (QED) is 0.0249. The lowest BCUT2D eigenvalue weighted by atomic mass is 9.47. The van der Waals surface area contributed by atoms with Gasteiger partial charge in [0.15, 0.2) is 11.9 Å². The highest BCUT2D eigenvalue weighted by molar-refractivity contribution is 5.91. The van der Waals surface area contributed by atoms with Crippen LogP contribution >= 0.6 is 0 Å². The maximum atomic E-state index is 13.1. The van der Waals surface area contributed by atoms with Crippen molar-refractivity contribution in [3.63, 3.8) is 0 Å². The number of ketones is 1. The molecule has 0 bridgehead atoms. The second-order valence-corrected chi connectivity index (χ2v) is 23.1. The van der Waals surface area contributed by atoms with Gasteiger partial charge in [0.05, 0.1) is 12.8 Å². The van der Waals surface area contributed by atoms with Crippen molar-refractivity contribution >= 4 is 35.8 Å². The zero-order valence-corrected chi connectivity index (χ0v) is 46.7. The second-order valence-electron chi connectivity index (χ2n) is 23.1. The minimum Gasteiger partial charge on any atom is -0.462 e. The molecule has 3 saturated carbocycles. The number of ether oxygens (including phenoxy) is 6. The third-order valence-electron chi connectivity index (χ3n) is 17.3. The Kier molecular flexibility index (Phi) is 29.8. The van der Waals surface area contributed by atoms with E-state index in [4.69, 9.17) is 28.4 Å². The van der Waals surface area contributed by atoms with Crippen LogP contribution in [0.1, 0.15) is 279 Å². The molecule has 0 saturated heterocycles. The van der Waals surface area contributed by atoms with Crippen LogP contribution in [0, 0.1) is 28.6 Å². The largest absolute Gasteiger partial charge is 0.511 e. The summed E-state index contributed by atoms with van der Waals surface area (Å²) >= 11 is 0. The van der Waals surface area contributed by atoms with Crippen molar-refractivity contribution in [2.45, 2.75) is 297 Å². The van der Waals surface area contributed by atoms with E-state index < -0.39 is 42.4 Å². The summed E-state index contributed by atoms with van der Waals surface area (Å²) in [7, 11) is 0. The van der Waals surface area contributed by atoms with Gasteiger partial charge in [-0.25, -0.2) is 4.79 Å². The second kappa shape index (κ2) is 35.0. The smallest absolute Gasteiger partial charge is 0.462 e. The Morgan fingerprint density at radius 2 is 0.986 bits per heavy atom. The normalized spacial score (nSPS) is 23.6. The predicted molar refractivity (Wildman–Crippen MR) is 285 cm³/mol. The fourth-order valence-electron chi connectivity index (χ4n) is 12.9. The van der Waals surface area contributed by atoms with Gasteiger partial charge < -0.3 is 28.4 Å². The van der Waals surface area contributed by atoms with Crippen LogP contribution < -0.4 is 0 Å². The van der Waals surface area contributed by atoms with Gasteiger partial charge in [-0.2, -0.15) is 0 Å². The van der Waals surface area contributed by atoms with Gasteiger partial charge in [-0.15, -0.1) is 0 Å². The SMILES string of the molecule is CCCCCCCCCCCCCCCC(=O)OCC(COC(=O)CCCCCCCCCCCCCCC)OC(=O)CCC(=O)OC(C)OC(=O)O[C@H]1CC[C@H]2[C@@H]3CCC4=CC(=O)CC[C@]4(C)[C@H]3CC[C@]12C. The molecule has 12 heteroatoms. The number of rotatable bonds is 39. The Morgan fingerprint density at radius 1 is 0.521 bits per heavy atom. The number of allylic oxidation sites excluding steroid dienone is 1. The molecule has 4 aliphatic carbocycles. The van der Waals surface area contributed by atoms with Gasteiger partial charge in [0, 0.05) is 31.6 Å². The first-order chi connectivity index (χ1) is 35.3. The minimum atomic E-state index is -1.24. The van der Waals surface area contributed by atoms with Gasteiger partial charge in [0.2, 0.25) is 6.29 Å². The Morgan fingerprint density at radius 3 is 1.48 bits per heavy atom. The molecule has 0 aliphatic heterocycles. The maximum Gasteiger partial charge on any atom is 0.511 e. The molecule has 0 radical (unpaired) electrons. The Hall–Kier alpha value is -3.44. The van der Waals surface area contributed by atoms with Gasteiger partial charge in [0.1, 0.15) is 19.3 Å². The Balaban J connectivity index is 1.13. The monoisotopic (exact) mass is 1030 g/mol. The number of carbonyl (C=O) groups excluding carboxylic acids is 6. The molecule has 418 valence electrons. The van der Waals surface area contributed by atoms with Crippen molar-refractivity contribution in [2.24, 2.45) is 28.6 Å². The molecule has 7 atom stereocenters. The third kappa shape index (κ3) is 22.7. The fraction of sp³-hybridized carbons (Fsp3) is 0.869. The fourth-order valence-corrected chi connectivity index (χ4v) is 12.9. The molecule has 0 spiro atoms. The number of esters is 4. The van der Waals surface area contributed by atoms with E-state index in [9.17, 15) is 28.8 Å². The van der Waals surface area contributed by atoms with Crippen LogP contribution in [0.25, 0.3) is 0 Å². The topological polar surface area (TPSA) is 158 Å².